The minimum absolute atomic E-state index is 0.337. The number of furan rings is 1. The smallest absolute Gasteiger partial charge is 0.137 e. The molecule has 76 heavy (non-hydrogen) atoms. The molecule has 356 valence electrons. The number of para-hydroxylation sites is 1. The van der Waals surface area contributed by atoms with Crippen LogP contribution in [0.2, 0.25) is 0 Å². The second-order valence-corrected chi connectivity index (χ2v) is 21.4. The van der Waals surface area contributed by atoms with Gasteiger partial charge in [0, 0.05) is 22.2 Å². The lowest BCUT2D eigenvalue weighted by molar-refractivity contribution is 0.661. The molecule has 0 N–H and O–H groups in total. The van der Waals surface area contributed by atoms with Crippen molar-refractivity contribution in [3.63, 3.8) is 0 Å². The summed E-state index contributed by atoms with van der Waals surface area (Å²) < 4.78 is 6.67. The van der Waals surface area contributed by atoms with Crippen LogP contribution in [-0.4, -0.2) is 0 Å². The Morgan fingerprint density at radius 3 is 1.59 bits per heavy atom. The first-order chi connectivity index (χ1) is 37.5. The number of rotatable bonds is 6. The van der Waals surface area contributed by atoms with Gasteiger partial charge in [-0.3, -0.25) is 0 Å². The van der Waals surface area contributed by atoms with Crippen molar-refractivity contribution >= 4 is 49.8 Å². The van der Waals surface area contributed by atoms with Crippen LogP contribution in [0.25, 0.3) is 99.5 Å². The minimum Gasteiger partial charge on any atom is -0.456 e. The molecule has 0 amide bonds. The standard InChI is InChI=1S/C74H49NO/c1-73(2)61-31-13-10-27-57(61)71-69-58-28-11-16-34-64(58)74(62-32-14-8-25-55(62)56-26-9-15-33-63(56)74)65(69)45-60(72(71)73)50-42-49(54-30-18-23-48-22-6-7-24-53(48)54)43-52(44-50)75(51-40-38-47(39-41-51)46-20-4-3-5-21-46)66-35-19-37-68-70(66)59-29-12-17-36-67(59)76-68/h3-45H,1-2H3. The third-order valence-electron chi connectivity index (χ3n) is 17.2. The largest absolute Gasteiger partial charge is 0.456 e. The molecule has 1 spiro atoms. The van der Waals surface area contributed by atoms with Gasteiger partial charge in [-0.05, 0) is 166 Å². The lowest BCUT2D eigenvalue weighted by atomic mass is 9.69. The van der Waals surface area contributed by atoms with Gasteiger partial charge in [0.1, 0.15) is 11.2 Å². The third-order valence-corrected chi connectivity index (χ3v) is 17.2. The fraction of sp³-hybridized carbons (Fsp3) is 0.0541. The molecule has 3 aliphatic carbocycles. The summed E-state index contributed by atoms with van der Waals surface area (Å²) in [6, 6.07) is 97.2. The van der Waals surface area contributed by atoms with Crippen LogP contribution >= 0.6 is 0 Å². The van der Waals surface area contributed by atoms with Crippen LogP contribution in [0, 0.1) is 0 Å². The van der Waals surface area contributed by atoms with Gasteiger partial charge in [0.2, 0.25) is 0 Å². The van der Waals surface area contributed by atoms with E-state index in [1.54, 1.807) is 0 Å². The van der Waals surface area contributed by atoms with E-state index < -0.39 is 5.41 Å². The van der Waals surface area contributed by atoms with Crippen LogP contribution in [0.1, 0.15) is 47.2 Å². The maximum Gasteiger partial charge on any atom is 0.137 e. The molecule has 2 heteroatoms. The number of anilines is 3. The molecular weight excluding hydrogens is 919 g/mol. The zero-order valence-corrected chi connectivity index (χ0v) is 42.2. The summed E-state index contributed by atoms with van der Waals surface area (Å²) in [5, 5.41) is 4.59. The van der Waals surface area contributed by atoms with E-state index in [9.17, 15) is 0 Å². The molecule has 0 unspecified atom stereocenters. The van der Waals surface area contributed by atoms with Crippen LogP contribution in [0.15, 0.2) is 265 Å². The predicted molar refractivity (Wildman–Crippen MR) is 316 cm³/mol. The van der Waals surface area contributed by atoms with Crippen molar-refractivity contribution in [3.05, 3.63) is 294 Å². The fourth-order valence-electron chi connectivity index (χ4n) is 14.1. The van der Waals surface area contributed by atoms with Crippen molar-refractivity contribution in [1.82, 2.24) is 0 Å². The van der Waals surface area contributed by atoms with Gasteiger partial charge >= 0.3 is 0 Å². The van der Waals surface area contributed by atoms with Crippen LogP contribution in [-0.2, 0) is 10.8 Å². The summed E-state index contributed by atoms with van der Waals surface area (Å²) >= 11 is 0. The van der Waals surface area contributed by atoms with E-state index in [1.807, 2.05) is 0 Å². The quantitative estimate of drug-likeness (QED) is 0.165. The van der Waals surface area contributed by atoms with Crippen molar-refractivity contribution in [1.29, 1.82) is 0 Å². The molecular formula is C74H49NO. The predicted octanol–water partition coefficient (Wildman–Crippen LogP) is 19.9. The third kappa shape index (κ3) is 5.87. The molecule has 1 aromatic heterocycles. The molecule has 3 aliphatic rings. The van der Waals surface area contributed by atoms with Crippen LogP contribution < -0.4 is 4.90 Å². The van der Waals surface area contributed by atoms with Gasteiger partial charge in [-0.2, -0.15) is 0 Å². The van der Waals surface area contributed by atoms with Gasteiger partial charge < -0.3 is 9.32 Å². The van der Waals surface area contributed by atoms with E-state index in [4.69, 9.17) is 4.42 Å². The fourth-order valence-corrected chi connectivity index (χ4v) is 14.1. The number of hydrogen-bond acceptors (Lipinski definition) is 2. The normalized spacial score (nSPS) is 13.9. The highest BCUT2D eigenvalue weighted by atomic mass is 16.3. The number of hydrogen-bond donors (Lipinski definition) is 0. The minimum atomic E-state index is -0.537. The Bertz CT molecular complexity index is 4500. The topological polar surface area (TPSA) is 16.4 Å². The summed E-state index contributed by atoms with van der Waals surface area (Å²) in [5.41, 5.74) is 27.2. The first-order valence-electron chi connectivity index (χ1n) is 26.6. The van der Waals surface area contributed by atoms with E-state index in [0.717, 1.165) is 44.6 Å². The van der Waals surface area contributed by atoms with Gasteiger partial charge in [0.05, 0.1) is 16.5 Å². The summed E-state index contributed by atoms with van der Waals surface area (Å²) in [6.45, 7) is 4.90. The van der Waals surface area contributed by atoms with Crippen molar-refractivity contribution in [2.75, 3.05) is 4.90 Å². The Hall–Kier alpha value is -9.50. The molecule has 0 aliphatic heterocycles. The Balaban J connectivity index is 1.05. The maximum atomic E-state index is 6.67. The molecule has 1 heterocycles. The summed E-state index contributed by atoms with van der Waals surface area (Å²) in [6.07, 6.45) is 0. The van der Waals surface area contributed by atoms with Gasteiger partial charge in [0.25, 0.3) is 0 Å². The van der Waals surface area contributed by atoms with Gasteiger partial charge in [0.15, 0.2) is 0 Å². The molecule has 0 fully saturated rings. The molecule has 12 aromatic carbocycles. The van der Waals surface area contributed by atoms with Crippen molar-refractivity contribution < 1.29 is 4.42 Å². The zero-order chi connectivity index (χ0) is 50.3. The molecule has 0 radical (unpaired) electrons. The van der Waals surface area contributed by atoms with Crippen LogP contribution in [0.3, 0.4) is 0 Å². The molecule has 0 saturated heterocycles. The van der Waals surface area contributed by atoms with Gasteiger partial charge in [-0.1, -0.05) is 220 Å². The SMILES string of the molecule is CC1(C)c2ccccc2-c2c3c(cc(-c4cc(-c5cccc6ccccc56)cc(N(c5ccc(-c6ccccc6)cc5)c5cccc6oc7ccccc7c56)c4)c21)C1(c2ccccc2-c2ccccc21)c1ccccc1-3. The maximum absolute atomic E-state index is 6.67. The molecule has 0 atom stereocenters. The molecule has 0 saturated carbocycles. The number of fused-ring (bicyclic) bond motifs is 18. The summed E-state index contributed by atoms with van der Waals surface area (Å²) in [4.78, 5) is 2.48. The van der Waals surface area contributed by atoms with Crippen LogP contribution in [0.4, 0.5) is 17.1 Å². The second kappa shape index (κ2) is 16.0. The highest BCUT2D eigenvalue weighted by Crippen LogP contribution is 2.68. The number of benzene rings is 12. The van der Waals surface area contributed by atoms with E-state index in [1.165, 1.54) is 105 Å². The van der Waals surface area contributed by atoms with Crippen molar-refractivity contribution in [2.24, 2.45) is 0 Å². The summed E-state index contributed by atoms with van der Waals surface area (Å²) in [5.74, 6) is 0. The Morgan fingerprint density at radius 1 is 0.329 bits per heavy atom. The van der Waals surface area contributed by atoms with E-state index in [2.05, 4.69) is 280 Å². The van der Waals surface area contributed by atoms with Gasteiger partial charge in [-0.25, -0.2) is 0 Å². The van der Waals surface area contributed by atoms with Gasteiger partial charge in [-0.15, -0.1) is 0 Å². The van der Waals surface area contributed by atoms with Crippen molar-refractivity contribution in [3.8, 4) is 66.8 Å². The molecule has 0 bridgehead atoms. The highest BCUT2D eigenvalue weighted by Gasteiger charge is 2.54. The monoisotopic (exact) mass is 967 g/mol. The first kappa shape index (κ1) is 43.0. The lowest BCUT2D eigenvalue weighted by Gasteiger charge is -2.32. The molecule has 2 nitrogen and oxygen atoms in total. The summed E-state index contributed by atoms with van der Waals surface area (Å²) in [7, 11) is 0. The average molecular weight is 968 g/mol. The lowest BCUT2D eigenvalue weighted by Crippen LogP contribution is -2.26. The highest BCUT2D eigenvalue weighted by molar-refractivity contribution is 6.14. The zero-order valence-electron chi connectivity index (χ0n) is 42.2. The molecule has 13 aromatic rings. The first-order valence-corrected chi connectivity index (χ1v) is 26.6. The van der Waals surface area contributed by atoms with E-state index >= 15 is 0 Å². The van der Waals surface area contributed by atoms with E-state index in [0.29, 0.717) is 0 Å². The van der Waals surface area contributed by atoms with Crippen LogP contribution in [0.5, 0.6) is 0 Å². The Kier molecular flexibility index (Phi) is 9.04. The molecule has 16 rings (SSSR count). The Labute approximate surface area is 442 Å². The van der Waals surface area contributed by atoms with E-state index in [-0.39, 0.29) is 5.41 Å². The number of nitrogens with zero attached hydrogens (tertiary/aromatic N) is 1. The average Bonchev–Trinajstić information content (AvgIpc) is 4.33. The Morgan fingerprint density at radius 2 is 0.855 bits per heavy atom. The van der Waals surface area contributed by atoms with Crippen molar-refractivity contribution in [2.45, 2.75) is 24.7 Å². The second-order valence-electron chi connectivity index (χ2n) is 21.4.